The van der Waals surface area contributed by atoms with Gasteiger partial charge < -0.3 is 9.30 Å². The lowest BCUT2D eigenvalue weighted by Gasteiger charge is -2.10. The van der Waals surface area contributed by atoms with Crippen LogP contribution in [0.4, 0.5) is 4.39 Å². The molecule has 2 nitrogen and oxygen atoms in total. The molecule has 0 saturated heterocycles. The predicted molar refractivity (Wildman–Crippen MR) is 74.9 cm³/mol. The number of nitrogens with zero attached hydrogens (tertiary/aromatic N) is 1. The van der Waals surface area contributed by atoms with Crippen molar-refractivity contribution in [3.05, 3.63) is 54.3 Å². The highest BCUT2D eigenvalue weighted by Gasteiger charge is 2.12. The number of fused-ring (bicyclic) bond motifs is 1. The fourth-order valence-corrected chi connectivity index (χ4v) is 2.43. The van der Waals surface area contributed by atoms with E-state index in [0.717, 1.165) is 22.2 Å². The highest BCUT2D eigenvalue weighted by Crippen LogP contribution is 2.34. The Morgan fingerprint density at radius 2 is 1.84 bits per heavy atom. The van der Waals surface area contributed by atoms with Crippen LogP contribution in [-0.4, -0.2) is 11.7 Å². The fourth-order valence-electron chi connectivity index (χ4n) is 2.43. The summed E-state index contributed by atoms with van der Waals surface area (Å²) in [5.74, 6) is 0.411. The smallest absolute Gasteiger partial charge is 0.128 e. The molecule has 3 rings (SSSR count). The molecule has 3 aromatic rings. The van der Waals surface area contributed by atoms with Gasteiger partial charge in [0.1, 0.15) is 11.6 Å². The maximum absolute atomic E-state index is 13.5. The zero-order valence-electron chi connectivity index (χ0n) is 10.9. The van der Waals surface area contributed by atoms with E-state index in [0.29, 0.717) is 5.75 Å². The van der Waals surface area contributed by atoms with E-state index in [2.05, 4.69) is 0 Å². The molecule has 0 radical (unpaired) electrons. The Kier molecular flexibility index (Phi) is 2.75. The van der Waals surface area contributed by atoms with Gasteiger partial charge in [-0.05, 0) is 30.3 Å². The summed E-state index contributed by atoms with van der Waals surface area (Å²) in [5.41, 5.74) is 2.82. The lowest BCUT2D eigenvalue weighted by Crippen LogP contribution is -1.95. The highest BCUT2D eigenvalue weighted by molar-refractivity contribution is 5.88. The van der Waals surface area contributed by atoms with E-state index < -0.39 is 0 Å². The van der Waals surface area contributed by atoms with Gasteiger partial charge in [0.25, 0.3) is 0 Å². The molecular weight excluding hydrogens is 241 g/mol. The molecule has 0 aliphatic heterocycles. The van der Waals surface area contributed by atoms with Crippen molar-refractivity contribution in [3.63, 3.8) is 0 Å². The Morgan fingerprint density at radius 3 is 2.58 bits per heavy atom. The largest absolute Gasteiger partial charge is 0.496 e. The van der Waals surface area contributed by atoms with Crippen LogP contribution in [0, 0.1) is 5.82 Å². The monoisotopic (exact) mass is 255 g/mol. The normalized spacial score (nSPS) is 10.9. The second kappa shape index (κ2) is 4.43. The predicted octanol–water partition coefficient (Wildman–Crippen LogP) is 3.99. The van der Waals surface area contributed by atoms with E-state index in [9.17, 15) is 4.39 Å². The first-order valence-electron chi connectivity index (χ1n) is 6.09. The van der Waals surface area contributed by atoms with E-state index in [1.165, 1.54) is 12.1 Å². The molecule has 0 bridgehead atoms. The number of methoxy groups -OCH3 is 1. The number of aryl methyl sites for hydroxylation is 1. The van der Waals surface area contributed by atoms with Crippen molar-refractivity contribution in [2.24, 2.45) is 7.05 Å². The van der Waals surface area contributed by atoms with Crippen molar-refractivity contribution in [2.75, 3.05) is 7.11 Å². The van der Waals surface area contributed by atoms with E-state index in [-0.39, 0.29) is 5.82 Å². The number of hydrogen-bond donors (Lipinski definition) is 0. The molecule has 1 aromatic heterocycles. The van der Waals surface area contributed by atoms with Gasteiger partial charge in [-0.2, -0.15) is 0 Å². The van der Waals surface area contributed by atoms with Crippen LogP contribution in [-0.2, 0) is 7.05 Å². The Hall–Kier alpha value is -2.29. The first-order chi connectivity index (χ1) is 9.20. The molecule has 0 amide bonds. The number of hydrogen-bond acceptors (Lipinski definition) is 1. The number of ether oxygens (including phenoxy) is 1. The van der Waals surface area contributed by atoms with Crippen molar-refractivity contribution in [1.82, 2.24) is 4.57 Å². The summed E-state index contributed by atoms with van der Waals surface area (Å²) in [6, 6.07) is 14.7. The topological polar surface area (TPSA) is 14.2 Å². The van der Waals surface area contributed by atoms with E-state index in [1.54, 1.807) is 13.2 Å². The fraction of sp³-hybridized carbons (Fsp3) is 0.125. The Balaban J connectivity index is 2.30. The summed E-state index contributed by atoms with van der Waals surface area (Å²) in [6.45, 7) is 0. The number of aromatic nitrogens is 1. The first kappa shape index (κ1) is 11.8. The third kappa shape index (κ3) is 1.87. The third-order valence-corrected chi connectivity index (χ3v) is 3.39. The quantitative estimate of drug-likeness (QED) is 0.675. The maximum atomic E-state index is 13.5. The minimum Gasteiger partial charge on any atom is -0.496 e. The summed E-state index contributed by atoms with van der Waals surface area (Å²) < 4.78 is 20.9. The van der Waals surface area contributed by atoms with Crippen molar-refractivity contribution < 1.29 is 9.13 Å². The molecule has 1 heterocycles. The number of halogens is 1. The Morgan fingerprint density at radius 1 is 1.05 bits per heavy atom. The van der Waals surface area contributed by atoms with Crippen LogP contribution < -0.4 is 4.74 Å². The van der Waals surface area contributed by atoms with Gasteiger partial charge in [-0.1, -0.05) is 18.2 Å². The van der Waals surface area contributed by atoms with Gasteiger partial charge in [-0.15, -0.1) is 0 Å². The lowest BCUT2D eigenvalue weighted by molar-refractivity contribution is 0.415. The van der Waals surface area contributed by atoms with Crippen molar-refractivity contribution in [1.29, 1.82) is 0 Å². The molecular formula is C16H14FNO. The van der Waals surface area contributed by atoms with Gasteiger partial charge >= 0.3 is 0 Å². The highest BCUT2D eigenvalue weighted by atomic mass is 19.1. The average Bonchev–Trinajstić information content (AvgIpc) is 2.76. The standard InChI is InChI=1S/C16H14FNO/c1-18-14-6-4-3-5-11(14)9-15(18)13-10-12(17)7-8-16(13)19-2/h3-10H,1-2H3. The van der Waals surface area contributed by atoms with E-state index in [4.69, 9.17) is 4.74 Å². The second-order valence-electron chi connectivity index (χ2n) is 4.49. The van der Waals surface area contributed by atoms with E-state index in [1.807, 2.05) is 41.9 Å². The summed E-state index contributed by atoms with van der Waals surface area (Å²) >= 11 is 0. The van der Waals surface area contributed by atoms with Gasteiger partial charge in [0, 0.05) is 23.5 Å². The molecule has 0 saturated carbocycles. The van der Waals surface area contributed by atoms with Crippen LogP contribution >= 0.6 is 0 Å². The van der Waals surface area contributed by atoms with Crippen LogP contribution in [0.2, 0.25) is 0 Å². The molecule has 0 aliphatic rings. The van der Waals surface area contributed by atoms with Crippen LogP contribution in [0.15, 0.2) is 48.5 Å². The van der Waals surface area contributed by atoms with Gasteiger partial charge in [-0.3, -0.25) is 0 Å². The summed E-state index contributed by atoms with van der Waals surface area (Å²) in [6.07, 6.45) is 0. The van der Waals surface area contributed by atoms with Gasteiger partial charge in [-0.25, -0.2) is 4.39 Å². The molecule has 96 valence electrons. The summed E-state index contributed by atoms with van der Waals surface area (Å²) in [4.78, 5) is 0. The zero-order chi connectivity index (χ0) is 13.4. The van der Waals surface area contributed by atoms with Crippen LogP contribution in [0.1, 0.15) is 0 Å². The molecule has 0 unspecified atom stereocenters. The summed E-state index contributed by atoms with van der Waals surface area (Å²) in [5, 5.41) is 1.13. The second-order valence-corrected chi connectivity index (χ2v) is 4.49. The van der Waals surface area contributed by atoms with Gasteiger partial charge in [0.15, 0.2) is 0 Å². The maximum Gasteiger partial charge on any atom is 0.128 e. The minimum atomic E-state index is -0.263. The molecule has 0 spiro atoms. The molecule has 19 heavy (non-hydrogen) atoms. The summed E-state index contributed by atoms with van der Waals surface area (Å²) in [7, 11) is 3.57. The first-order valence-corrected chi connectivity index (χ1v) is 6.09. The zero-order valence-corrected chi connectivity index (χ0v) is 10.9. The molecule has 3 heteroatoms. The van der Waals surface area contributed by atoms with Gasteiger partial charge in [0.05, 0.1) is 12.8 Å². The number of benzene rings is 2. The van der Waals surface area contributed by atoms with Crippen molar-refractivity contribution in [2.45, 2.75) is 0 Å². The third-order valence-electron chi connectivity index (χ3n) is 3.39. The van der Waals surface area contributed by atoms with Crippen LogP contribution in [0.5, 0.6) is 5.75 Å². The number of rotatable bonds is 2. The minimum absolute atomic E-state index is 0.263. The van der Waals surface area contributed by atoms with Crippen LogP contribution in [0.25, 0.3) is 22.2 Å². The van der Waals surface area contributed by atoms with Gasteiger partial charge in [0.2, 0.25) is 0 Å². The molecule has 0 aliphatic carbocycles. The molecule has 0 N–H and O–H groups in total. The Labute approximate surface area is 111 Å². The average molecular weight is 255 g/mol. The molecule has 0 atom stereocenters. The SMILES string of the molecule is COc1ccc(F)cc1-c1cc2ccccc2n1C. The Bertz CT molecular complexity index is 746. The molecule has 2 aromatic carbocycles. The van der Waals surface area contributed by atoms with Crippen molar-refractivity contribution >= 4 is 10.9 Å². The van der Waals surface area contributed by atoms with E-state index >= 15 is 0 Å². The molecule has 0 fully saturated rings. The number of para-hydroxylation sites is 1. The van der Waals surface area contributed by atoms with Crippen molar-refractivity contribution in [3.8, 4) is 17.0 Å². The lowest BCUT2D eigenvalue weighted by atomic mass is 10.1. The van der Waals surface area contributed by atoms with Crippen LogP contribution in [0.3, 0.4) is 0 Å².